The van der Waals surface area contributed by atoms with E-state index in [4.69, 9.17) is 4.74 Å². The maximum absolute atomic E-state index is 11.8. The van der Waals surface area contributed by atoms with Crippen LogP contribution >= 0.6 is 11.8 Å². The first-order valence-electron chi connectivity index (χ1n) is 11.1. The number of benzene rings is 1. The highest BCUT2D eigenvalue weighted by Gasteiger charge is 2.10. The fraction of sp³-hybridized carbons (Fsp3) is 0.708. The van der Waals surface area contributed by atoms with Crippen molar-refractivity contribution in [1.29, 1.82) is 0 Å². The molecule has 3 heteroatoms. The number of hydrogen-bond acceptors (Lipinski definition) is 3. The molecule has 0 spiro atoms. The average molecular weight is 393 g/mol. The van der Waals surface area contributed by atoms with Gasteiger partial charge in [-0.1, -0.05) is 103 Å². The SMILES string of the molecule is CCCCCCCCCCCCCCCCSc1ccccc1C(=O)OC. The topological polar surface area (TPSA) is 26.3 Å². The standard InChI is InChI=1S/C24H40O2S/c1-3-4-5-6-7-8-9-10-11-12-13-14-15-18-21-27-23-20-17-16-19-22(23)24(25)26-2/h16-17,19-20H,3-15,18,21H2,1-2H3. The molecule has 0 unspecified atom stereocenters. The quantitative estimate of drug-likeness (QED) is 0.152. The van der Waals surface area contributed by atoms with Gasteiger partial charge in [-0.2, -0.15) is 0 Å². The first-order chi connectivity index (χ1) is 13.3. The number of thioether (sulfide) groups is 1. The summed E-state index contributed by atoms with van der Waals surface area (Å²) in [6.07, 6.45) is 19.4. The Morgan fingerprint density at radius 2 is 1.26 bits per heavy atom. The number of esters is 1. The van der Waals surface area contributed by atoms with Crippen LogP contribution in [0.4, 0.5) is 0 Å². The van der Waals surface area contributed by atoms with Gasteiger partial charge < -0.3 is 4.74 Å². The van der Waals surface area contributed by atoms with Crippen LogP contribution in [0, 0.1) is 0 Å². The van der Waals surface area contributed by atoms with Crippen LogP contribution < -0.4 is 0 Å². The molecule has 0 saturated carbocycles. The Labute approximate surface area is 171 Å². The maximum atomic E-state index is 11.8. The van der Waals surface area contributed by atoms with E-state index >= 15 is 0 Å². The van der Waals surface area contributed by atoms with Gasteiger partial charge in [0.2, 0.25) is 0 Å². The van der Waals surface area contributed by atoms with E-state index in [0.29, 0.717) is 5.56 Å². The summed E-state index contributed by atoms with van der Waals surface area (Å²) < 4.78 is 4.85. The normalized spacial score (nSPS) is 10.9. The summed E-state index contributed by atoms with van der Waals surface area (Å²) in [7, 11) is 1.44. The molecule has 154 valence electrons. The fourth-order valence-electron chi connectivity index (χ4n) is 3.35. The summed E-state index contributed by atoms with van der Waals surface area (Å²) in [4.78, 5) is 12.8. The van der Waals surface area contributed by atoms with Gasteiger partial charge in [-0.05, 0) is 24.3 Å². The Kier molecular flexibility index (Phi) is 15.3. The molecule has 1 aromatic carbocycles. The summed E-state index contributed by atoms with van der Waals surface area (Å²) in [5.74, 6) is 0.838. The van der Waals surface area contributed by atoms with Gasteiger partial charge in [-0.25, -0.2) is 4.79 Å². The minimum Gasteiger partial charge on any atom is -0.465 e. The molecule has 0 aromatic heterocycles. The van der Waals surface area contributed by atoms with Gasteiger partial charge in [0.25, 0.3) is 0 Å². The monoisotopic (exact) mass is 392 g/mol. The highest BCUT2D eigenvalue weighted by Crippen LogP contribution is 2.24. The Bertz CT molecular complexity index is 487. The molecule has 0 amide bonds. The molecule has 0 N–H and O–H groups in total. The van der Waals surface area contributed by atoms with Crippen LogP contribution in [-0.2, 0) is 4.74 Å². The lowest BCUT2D eigenvalue weighted by Crippen LogP contribution is -2.02. The lowest BCUT2D eigenvalue weighted by atomic mass is 10.0. The highest BCUT2D eigenvalue weighted by atomic mass is 32.2. The molecule has 0 fully saturated rings. The molecule has 0 atom stereocenters. The van der Waals surface area contributed by atoms with Gasteiger partial charge in [0.15, 0.2) is 0 Å². The fourth-order valence-corrected chi connectivity index (χ4v) is 4.40. The Balaban J connectivity index is 1.92. The van der Waals surface area contributed by atoms with Crippen molar-refractivity contribution in [3.8, 4) is 0 Å². The first kappa shape index (κ1) is 24.1. The molecule has 0 aliphatic rings. The van der Waals surface area contributed by atoms with E-state index in [2.05, 4.69) is 6.92 Å². The van der Waals surface area contributed by atoms with Crippen LogP contribution in [0.1, 0.15) is 107 Å². The molecule has 0 saturated heterocycles. The zero-order valence-corrected chi connectivity index (χ0v) is 18.5. The molecule has 0 radical (unpaired) electrons. The van der Waals surface area contributed by atoms with E-state index in [0.717, 1.165) is 10.6 Å². The molecular weight excluding hydrogens is 352 g/mol. The Hall–Kier alpha value is -0.960. The van der Waals surface area contributed by atoms with Crippen molar-refractivity contribution in [3.63, 3.8) is 0 Å². The minimum absolute atomic E-state index is 0.237. The number of carbonyl (C=O) groups is 1. The van der Waals surface area contributed by atoms with Crippen molar-refractivity contribution in [2.45, 2.75) is 102 Å². The third-order valence-electron chi connectivity index (χ3n) is 5.05. The van der Waals surface area contributed by atoms with E-state index in [1.54, 1.807) is 11.8 Å². The summed E-state index contributed by atoms with van der Waals surface area (Å²) in [6, 6.07) is 7.74. The number of carbonyl (C=O) groups excluding carboxylic acids is 1. The van der Waals surface area contributed by atoms with Crippen molar-refractivity contribution in [1.82, 2.24) is 0 Å². The van der Waals surface area contributed by atoms with Crippen molar-refractivity contribution in [2.75, 3.05) is 12.9 Å². The average Bonchev–Trinajstić information content (AvgIpc) is 2.70. The zero-order valence-electron chi connectivity index (χ0n) is 17.6. The second-order valence-corrected chi connectivity index (χ2v) is 8.57. The zero-order chi connectivity index (χ0) is 19.6. The second-order valence-electron chi connectivity index (χ2n) is 7.43. The molecule has 1 rings (SSSR count). The van der Waals surface area contributed by atoms with Gasteiger partial charge in [0.1, 0.15) is 0 Å². The molecule has 1 aromatic rings. The number of ether oxygens (including phenoxy) is 1. The van der Waals surface area contributed by atoms with Crippen molar-refractivity contribution >= 4 is 17.7 Å². The van der Waals surface area contributed by atoms with Gasteiger partial charge in [0, 0.05) is 4.90 Å². The minimum atomic E-state index is -0.237. The number of methoxy groups -OCH3 is 1. The summed E-state index contributed by atoms with van der Waals surface area (Å²) >= 11 is 1.77. The van der Waals surface area contributed by atoms with E-state index in [1.165, 1.54) is 97.0 Å². The number of unbranched alkanes of at least 4 members (excludes halogenated alkanes) is 13. The van der Waals surface area contributed by atoms with E-state index in [1.807, 2.05) is 24.3 Å². The van der Waals surface area contributed by atoms with Gasteiger partial charge in [0.05, 0.1) is 12.7 Å². The van der Waals surface area contributed by atoms with Gasteiger partial charge >= 0.3 is 5.97 Å². The van der Waals surface area contributed by atoms with E-state index in [9.17, 15) is 4.79 Å². The highest BCUT2D eigenvalue weighted by molar-refractivity contribution is 7.99. The summed E-state index contributed by atoms with van der Waals surface area (Å²) in [5.41, 5.74) is 0.690. The van der Waals surface area contributed by atoms with Crippen LogP contribution in [0.2, 0.25) is 0 Å². The van der Waals surface area contributed by atoms with Gasteiger partial charge in [-0.15, -0.1) is 11.8 Å². The molecule has 0 bridgehead atoms. The smallest absolute Gasteiger partial charge is 0.338 e. The molecule has 2 nitrogen and oxygen atoms in total. The Morgan fingerprint density at radius 3 is 1.78 bits per heavy atom. The third kappa shape index (κ3) is 12.2. The van der Waals surface area contributed by atoms with Crippen molar-refractivity contribution < 1.29 is 9.53 Å². The maximum Gasteiger partial charge on any atom is 0.338 e. The molecular formula is C24H40O2S. The Morgan fingerprint density at radius 1 is 0.778 bits per heavy atom. The largest absolute Gasteiger partial charge is 0.465 e. The number of hydrogen-bond donors (Lipinski definition) is 0. The second kappa shape index (κ2) is 17.2. The predicted molar refractivity (Wildman–Crippen MR) is 119 cm³/mol. The summed E-state index contributed by atoms with van der Waals surface area (Å²) in [6.45, 7) is 2.28. The van der Waals surface area contributed by atoms with Gasteiger partial charge in [-0.3, -0.25) is 0 Å². The molecule has 0 aliphatic carbocycles. The molecule has 27 heavy (non-hydrogen) atoms. The molecule has 0 heterocycles. The van der Waals surface area contributed by atoms with Crippen LogP contribution in [-0.4, -0.2) is 18.8 Å². The third-order valence-corrected chi connectivity index (χ3v) is 6.21. The molecule has 0 aliphatic heterocycles. The number of rotatable bonds is 17. The summed E-state index contributed by atoms with van der Waals surface area (Å²) in [5, 5.41) is 0. The lowest BCUT2D eigenvalue weighted by molar-refractivity contribution is 0.0597. The van der Waals surface area contributed by atoms with Crippen LogP contribution in [0.15, 0.2) is 29.2 Å². The van der Waals surface area contributed by atoms with Crippen molar-refractivity contribution in [3.05, 3.63) is 29.8 Å². The van der Waals surface area contributed by atoms with Crippen LogP contribution in [0.3, 0.4) is 0 Å². The van der Waals surface area contributed by atoms with E-state index < -0.39 is 0 Å². The first-order valence-corrected chi connectivity index (χ1v) is 12.1. The van der Waals surface area contributed by atoms with Crippen LogP contribution in [0.5, 0.6) is 0 Å². The lowest BCUT2D eigenvalue weighted by Gasteiger charge is -2.07. The van der Waals surface area contributed by atoms with Crippen molar-refractivity contribution in [2.24, 2.45) is 0 Å². The predicted octanol–water partition coefficient (Wildman–Crippen LogP) is 8.05. The van der Waals surface area contributed by atoms with E-state index in [-0.39, 0.29) is 5.97 Å². The van der Waals surface area contributed by atoms with Crippen LogP contribution in [0.25, 0.3) is 0 Å².